The normalized spacial score (nSPS) is 30.4. The van der Waals surface area contributed by atoms with Crippen LogP contribution >= 0.6 is 0 Å². The van der Waals surface area contributed by atoms with E-state index in [2.05, 4.69) is 19.2 Å². The highest BCUT2D eigenvalue weighted by Crippen LogP contribution is 2.28. The number of nitriles is 1. The van der Waals surface area contributed by atoms with Gasteiger partial charge in [-0.3, -0.25) is 4.99 Å². The van der Waals surface area contributed by atoms with Crippen molar-refractivity contribution < 1.29 is 4.74 Å². The lowest BCUT2D eigenvalue weighted by molar-refractivity contribution is 0.0220. The van der Waals surface area contributed by atoms with E-state index in [4.69, 9.17) is 15.0 Å². The average molecular weight is 347 g/mol. The smallest absolute Gasteiger partial charge is 0.0655 e. The molecule has 0 unspecified atom stereocenters. The van der Waals surface area contributed by atoms with E-state index in [1.165, 1.54) is 64.2 Å². The number of hydrogen-bond acceptors (Lipinski definition) is 3. The zero-order chi connectivity index (χ0) is 17.7. The largest absolute Gasteiger partial charge is 0.378 e. The van der Waals surface area contributed by atoms with Crippen molar-refractivity contribution in [3.63, 3.8) is 0 Å². The first-order valence-corrected chi connectivity index (χ1v) is 10.9. The molecular formula is C22H38N2O. The van der Waals surface area contributed by atoms with Gasteiger partial charge in [0.25, 0.3) is 0 Å². The van der Waals surface area contributed by atoms with Crippen LogP contribution in [-0.2, 0) is 4.74 Å². The number of unbranched alkanes of at least 4 members (excludes halogenated alkanes) is 5. The van der Waals surface area contributed by atoms with Crippen LogP contribution in [0.4, 0.5) is 0 Å². The van der Waals surface area contributed by atoms with Crippen molar-refractivity contribution in [1.29, 1.82) is 5.26 Å². The first-order valence-electron chi connectivity index (χ1n) is 10.9. The van der Waals surface area contributed by atoms with Gasteiger partial charge in [-0.25, -0.2) is 0 Å². The Balaban J connectivity index is 1.50. The van der Waals surface area contributed by atoms with E-state index in [-0.39, 0.29) is 5.92 Å². The van der Waals surface area contributed by atoms with Gasteiger partial charge in [-0.1, -0.05) is 39.0 Å². The summed E-state index contributed by atoms with van der Waals surface area (Å²) in [6, 6.07) is 2.88. The van der Waals surface area contributed by atoms with E-state index in [9.17, 15) is 0 Å². The predicted octanol–water partition coefficient (Wildman–Crippen LogP) is 6.08. The van der Waals surface area contributed by atoms with Crippen molar-refractivity contribution in [2.24, 2.45) is 16.8 Å². The Morgan fingerprint density at radius 3 is 2.28 bits per heavy atom. The average Bonchev–Trinajstić information content (AvgIpc) is 2.67. The maximum Gasteiger partial charge on any atom is 0.0655 e. The minimum atomic E-state index is 0.283. The fourth-order valence-corrected chi connectivity index (χ4v) is 4.13. The summed E-state index contributed by atoms with van der Waals surface area (Å²) in [5.74, 6) is 0.938. The second kappa shape index (κ2) is 12.5. The Morgan fingerprint density at radius 1 is 0.920 bits per heavy atom. The molecule has 0 N–H and O–H groups in total. The topological polar surface area (TPSA) is 45.4 Å². The zero-order valence-corrected chi connectivity index (χ0v) is 16.3. The summed E-state index contributed by atoms with van der Waals surface area (Å²) in [4.78, 5) is 4.84. The van der Waals surface area contributed by atoms with Gasteiger partial charge in [-0.15, -0.1) is 0 Å². The van der Waals surface area contributed by atoms with Crippen LogP contribution in [0.2, 0.25) is 0 Å². The van der Waals surface area contributed by atoms with Crippen LogP contribution in [0.3, 0.4) is 0 Å². The summed E-state index contributed by atoms with van der Waals surface area (Å²) >= 11 is 0. The second-order valence-electron chi connectivity index (χ2n) is 8.11. The monoisotopic (exact) mass is 346 g/mol. The van der Waals surface area contributed by atoms with E-state index in [0.717, 1.165) is 32.3 Å². The van der Waals surface area contributed by atoms with Gasteiger partial charge < -0.3 is 4.74 Å². The highest BCUT2D eigenvalue weighted by Gasteiger charge is 2.22. The molecule has 0 heterocycles. The van der Waals surface area contributed by atoms with Gasteiger partial charge in [0.2, 0.25) is 0 Å². The maximum absolute atomic E-state index is 8.96. The van der Waals surface area contributed by atoms with Gasteiger partial charge in [-0.2, -0.15) is 5.26 Å². The molecule has 2 rings (SSSR count). The molecule has 0 aromatic rings. The lowest BCUT2D eigenvalue weighted by Gasteiger charge is -2.27. The van der Waals surface area contributed by atoms with Crippen LogP contribution in [0, 0.1) is 23.2 Å². The van der Waals surface area contributed by atoms with Crippen molar-refractivity contribution in [2.75, 3.05) is 6.61 Å². The molecule has 2 saturated carbocycles. The lowest BCUT2D eigenvalue weighted by Crippen LogP contribution is -2.23. The van der Waals surface area contributed by atoms with Crippen LogP contribution in [0.1, 0.15) is 96.8 Å². The molecule has 142 valence electrons. The highest BCUT2D eigenvalue weighted by atomic mass is 16.5. The summed E-state index contributed by atoms with van der Waals surface area (Å²) in [7, 11) is 0. The fourth-order valence-electron chi connectivity index (χ4n) is 4.13. The molecule has 0 aromatic heterocycles. The predicted molar refractivity (Wildman–Crippen MR) is 105 cm³/mol. The molecule has 0 atom stereocenters. The Bertz CT molecular complexity index is 399. The molecule has 0 amide bonds. The van der Waals surface area contributed by atoms with Crippen LogP contribution < -0.4 is 0 Å². The van der Waals surface area contributed by atoms with Crippen molar-refractivity contribution in [3.05, 3.63) is 0 Å². The highest BCUT2D eigenvalue weighted by molar-refractivity contribution is 5.61. The van der Waals surface area contributed by atoms with Crippen LogP contribution in [-0.4, -0.2) is 25.0 Å². The van der Waals surface area contributed by atoms with Gasteiger partial charge in [0, 0.05) is 24.8 Å². The molecule has 0 radical (unpaired) electrons. The number of nitrogens with zero attached hydrogens (tertiary/aromatic N) is 2. The molecule has 0 saturated heterocycles. The minimum absolute atomic E-state index is 0.283. The number of aliphatic imine (C=N–C) groups is 1. The molecule has 0 aromatic carbocycles. The van der Waals surface area contributed by atoms with E-state index in [0.29, 0.717) is 18.1 Å². The van der Waals surface area contributed by atoms with Crippen molar-refractivity contribution in [3.8, 4) is 6.07 Å². The van der Waals surface area contributed by atoms with E-state index in [1.54, 1.807) is 0 Å². The summed E-state index contributed by atoms with van der Waals surface area (Å²) in [5, 5.41) is 8.96. The molecule has 2 aliphatic rings. The second-order valence-corrected chi connectivity index (χ2v) is 8.11. The molecule has 2 aliphatic carbocycles. The van der Waals surface area contributed by atoms with Gasteiger partial charge >= 0.3 is 0 Å². The van der Waals surface area contributed by atoms with Crippen molar-refractivity contribution in [1.82, 2.24) is 0 Å². The standard InChI is InChI=1S/C22H38N2O/c1-2-3-4-5-6-7-16-25-22-14-10-20(11-15-22)18-24-21-12-8-19(17-23)9-13-21/h18-22H,2-16H2,1H3. The third-order valence-electron chi connectivity index (χ3n) is 5.96. The van der Waals surface area contributed by atoms with Crippen LogP contribution in [0.15, 0.2) is 4.99 Å². The van der Waals surface area contributed by atoms with E-state index < -0.39 is 0 Å². The van der Waals surface area contributed by atoms with E-state index in [1.807, 2.05) is 0 Å². The molecular weight excluding hydrogens is 308 g/mol. The lowest BCUT2D eigenvalue weighted by atomic mass is 9.86. The molecule has 2 fully saturated rings. The first-order chi connectivity index (χ1) is 12.3. The number of ether oxygens (including phenoxy) is 1. The molecule has 3 heteroatoms. The van der Waals surface area contributed by atoms with Gasteiger partial charge in [0.15, 0.2) is 0 Å². The fraction of sp³-hybridized carbons (Fsp3) is 0.909. The molecule has 0 spiro atoms. The van der Waals surface area contributed by atoms with Crippen LogP contribution in [0.5, 0.6) is 0 Å². The van der Waals surface area contributed by atoms with Crippen molar-refractivity contribution >= 4 is 6.21 Å². The Hall–Kier alpha value is -0.880. The molecule has 0 bridgehead atoms. The van der Waals surface area contributed by atoms with Gasteiger partial charge in [0.05, 0.1) is 12.2 Å². The SMILES string of the molecule is CCCCCCCCOC1CCC(C=NC2CCC(C#N)CC2)CC1. The van der Waals surface area contributed by atoms with Gasteiger partial charge in [-0.05, 0) is 63.7 Å². The Labute approximate surface area is 155 Å². The quantitative estimate of drug-likeness (QED) is 0.355. The van der Waals surface area contributed by atoms with Gasteiger partial charge in [0.1, 0.15) is 0 Å². The number of rotatable bonds is 10. The van der Waals surface area contributed by atoms with Crippen molar-refractivity contribution in [2.45, 2.75) is 109 Å². The van der Waals surface area contributed by atoms with E-state index >= 15 is 0 Å². The minimum Gasteiger partial charge on any atom is -0.378 e. The first kappa shape index (κ1) is 20.4. The molecule has 0 aliphatic heterocycles. The maximum atomic E-state index is 8.96. The Kier molecular flexibility index (Phi) is 10.2. The summed E-state index contributed by atoms with van der Waals surface area (Å²) in [6.45, 7) is 3.22. The third kappa shape index (κ3) is 8.36. The molecule has 3 nitrogen and oxygen atoms in total. The van der Waals surface area contributed by atoms with Crippen LogP contribution in [0.25, 0.3) is 0 Å². The third-order valence-corrected chi connectivity index (χ3v) is 5.96. The zero-order valence-electron chi connectivity index (χ0n) is 16.3. The Morgan fingerprint density at radius 2 is 1.60 bits per heavy atom. The number of hydrogen-bond donors (Lipinski definition) is 0. The molecule has 25 heavy (non-hydrogen) atoms. The summed E-state index contributed by atoms with van der Waals surface area (Å²) < 4.78 is 6.08. The summed E-state index contributed by atoms with van der Waals surface area (Å²) in [6.07, 6.45) is 19.9. The summed E-state index contributed by atoms with van der Waals surface area (Å²) in [5.41, 5.74) is 0.